The first kappa shape index (κ1) is 9.84. The second-order valence-electron chi connectivity index (χ2n) is 1.85. The highest BCUT2D eigenvalue weighted by molar-refractivity contribution is 6.08. The van der Waals surface area contributed by atoms with Crippen LogP contribution in [0.15, 0.2) is 12.7 Å². The van der Waals surface area contributed by atoms with Gasteiger partial charge in [0.1, 0.15) is 0 Å². The monoisotopic (exact) mass is 157 g/mol. The van der Waals surface area contributed by atoms with Crippen LogP contribution in [0.2, 0.25) is 0 Å². The van der Waals surface area contributed by atoms with Crippen molar-refractivity contribution in [3.63, 3.8) is 0 Å². The molecule has 0 radical (unpaired) electrons. The molecule has 0 aliphatic rings. The van der Waals surface area contributed by atoms with Gasteiger partial charge in [0, 0.05) is 0 Å². The molecule has 1 atom stereocenters. The highest BCUT2D eigenvalue weighted by Gasteiger charge is 2.22. The topological polar surface area (TPSA) is 55.4 Å². The van der Waals surface area contributed by atoms with E-state index in [-0.39, 0.29) is 5.78 Å². The Morgan fingerprint density at radius 2 is 2.18 bits per heavy atom. The molecule has 0 aromatic rings. The van der Waals surface area contributed by atoms with Crippen LogP contribution in [0.3, 0.4) is 0 Å². The first-order valence-corrected chi connectivity index (χ1v) is 3.08. The van der Waals surface area contributed by atoms with Gasteiger partial charge in [0.15, 0.2) is 11.8 Å². The van der Waals surface area contributed by atoms with Crippen LogP contribution in [0.4, 0.5) is 0 Å². The lowest BCUT2D eigenvalue weighted by Gasteiger charge is -2.08. The quantitative estimate of drug-likeness (QED) is 0.339. The van der Waals surface area contributed by atoms with Crippen molar-refractivity contribution in [2.24, 2.45) is 0 Å². The minimum atomic E-state index is -0.919. The van der Waals surface area contributed by atoms with Gasteiger partial charge in [-0.05, 0) is 13.1 Å². The van der Waals surface area contributed by atoms with E-state index in [1.54, 1.807) is 0 Å². The number of nitrogens with one attached hydrogen (secondary N) is 1. The van der Waals surface area contributed by atoms with Crippen LogP contribution in [-0.2, 0) is 14.3 Å². The minimum absolute atomic E-state index is 0.389. The van der Waals surface area contributed by atoms with E-state index in [0.717, 1.165) is 6.08 Å². The van der Waals surface area contributed by atoms with Crippen molar-refractivity contribution in [2.45, 2.75) is 6.04 Å². The number of hydrogen-bond acceptors (Lipinski definition) is 4. The normalized spacial score (nSPS) is 11.8. The molecule has 62 valence electrons. The largest absolute Gasteiger partial charge is 0.468 e. The zero-order valence-electron chi connectivity index (χ0n) is 6.59. The first-order valence-electron chi connectivity index (χ1n) is 3.08. The molecular formula is C7H11NO3. The second-order valence-corrected chi connectivity index (χ2v) is 1.85. The number of ether oxygens (including phenoxy) is 1. The van der Waals surface area contributed by atoms with Gasteiger partial charge < -0.3 is 10.1 Å². The summed E-state index contributed by atoms with van der Waals surface area (Å²) in [6, 6.07) is -0.919. The van der Waals surface area contributed by atoms with E-state index < -0.39 is 12.0 Å². The van der Waals surface area contributed by atoms with E-state index in [2.05, 4.69) is 16.6 Å². The SMILES string of the molecule is C=CC(=O)C(NC)C(=O)OC. The molecule has 0 fully saturated rings. The summed E-state index contributed by atoms with van der Waals surface area (Å²) >= 11 is 0. The molecular weight excluding hydrogens is 146 g/mol. The molecule has 4 heteroatoms. The molecule has 0 rings (SSSR count). The third kappa shape index (κ3) is 2.51. The van der Waals surface area contributed by atoms with Crippen LogP contribution in [0, 0.1) is 0 Å². The number of hydrogen-bond donors (Lipinski definition) is 1. The van der Waals surface area contributed by atoms with Gasteiger partial charge in [0.2, 0.25) is 0 Å². The molecule has 4 nitrogen and oxygen atoms in total. The molecule has 0 aromatic carbocycles. The number of carbonyl (C=O) groups excluding carboxylic acids is 2. The highest BCUT2D eigenvalue weighted by atomic mass is 16.5. The van der Waals surface area contributed by atoms with Crippen LogP contribution in [0.5, 0.6) is 0 Å². The van der Waals surface area contributed by atoms with E-state index in [1.807, 2.05) is 0 Å². The summed E-state index contributed by atoms with van der Waals surface area (Å²) in [4.78, 5) is 21.7. The van der Waals surface area contributed by atoms with Gasteiger partial charge in [-0.15, -0.1) is 0 Å². The number of likely N-dealkylation sites (N-methyl/N-ethyl adjacent to an activating group) is 1. The fourth-order valence-electron chi connectivity index (χ4n) is 0.612. The van der Waals surface area contributed by atoms with Crippen LogP contribution < -0.4 is 5.32 Å². The summed E-state index contributed by atoms with van der Waals surface area (Å²) in [6.45, 7) is 3.25. The average Bonchev–Trinajstić information content (AvgIpc) is 2.05. The first-order chi connectivity index (χ1) is 5.17. The maximum absolute atomic E-state index is 10.9. The van der Waals surface area contributed by atoms with Gasteiger partial charge in [-0.25, -0.2) is 4.79 Å². The molecule has 0 heterocycles. The van der Waals surface area contributed by atoms with E-state index in [1.165, 1.54) is 14.2 Å². The van der Waals surface area contributed by atoms with Crippen molar-refractivity contribution >= 4 is 11.8 Å². The molecule has 1 unspecified atom stereocenters. The Balaban J connectivity index is 4.27. The molecule has 0 aromatic heterocycles. The molecule has 11 heavy (non-hydrogen) atoms. The molecule has 0 bridgehead atoms. The van der Waals surface area contributed by atoms with E-state index in [9.17, 15) is 9.59 Å². The molecule has 0 saturated heterocycles. The molecule has 0 spiro atoms. The van der Waals surface area contributed by atoms with E-state index in [0.29, 0.717) is 0 Å². The summed E-state index contributed by atoms with van der Waals surface area (Å²) in [5.74, 6) is -0.989. The highest BCUT2D eigenvalue weighted by Crippen LogP contribution is 1.89. The predicted molar refractivity (Wildman–Crippen MR) is 40.1 cm³/mol. The van der Waals surface area contributed by atoms with Gasteiger partial charge in [0.05, 0.1) is 7.11 Å². The lowest BCUT2D eigenvalue weighted by molar-refractivity contribution is -0.145. The van der Waals surface area contributed by atoms with Crippen LogP contribution in [0.25, 0.3) is 0 Å². The standard InChI is InChI=1S/C7H11NO3/c1-4-5(9)6(8-2)7(10)11-3/h4,6,8H,1H2,2-3H3. The Morgan fingerprint density at radius 1 is 1.64 bits per heavy atom. The van der Waals surface area contributed by atoms with Gasteiger partial charge in [-0.1, -0.05) is 6.58 Å². The van der Waals surface area contributed by atoms with Crippen molar-refractivity contribution in [1.29, 1.82) is 0 Å². The third-order valence-electron chi connectivity index (χ3n) is 1.21. The summed E-state index contributed by atoms with van der Waals surface area (Å²) in [5.41, 5.74) is 0. The molecule has 0 saturated carbocycles. The smallest absolute Gasteiger partial charge is 0.330 e. The molecule has 0 aliphatic heterocycles. The Labute approximate surface area is 65.2 Å². The van der Waals surface area contributed by atoms with E-state index in [4.69, 9.17) is 0 Å². The third-order valence-corrected chi connectivity index (χ3v) is 1.21. The zero-order valence-corrected chi connectivity index (χ0v) is 6.59. The molecule has 0 aliphatic carbocycles. The Bertz CT molecular complexity index is 177. The number of ketones is 1. The number of rotatable bonds is 4. The number of methoxy groups -OCH3 is 1. The fourth-order valence-corrected chi connectivity index (χ4v) is 0.612. The fraction of sp³-hybridized carbons (Fsp3) is 0.429. The van der Waals surface area contributed by atoms with Crippen molar-refractivity contribution in [1.82, 2.24) is 5.32 Å². The van der Waals surface area contributed by atoms with Gasteiger partial charge in [0.25, 0.3) is 0 Å². The minimum Gasteiger partial charge on any atom is -0.468 e. The Hall–Kier alpha value is -1.16. The van der Waals surface area contributed by atoms with Crippen molar-refractivity contribution in [3.05, 3.63) is 12.7 Å². The maximum atomic E-state index is 10.9. The van der Waals surface area contributed by atoms with Gasteiger partial charge in [-0.2, -0.15) is 0 Å². The summed E-state index contributed by atoms with van der Waals surface area (Å²) in [5, 5.41) is 2.51. The lowest BCUT2D eigenvalue weighted by atomic mass is 10.2. The number of esters is 1. The zero-order chi connectivity index (χ0) is 8.85. The Morgan fingerprint density at radius 3 is 2.45 bits per heavy atom. The summed E-state index contributed by atoms with van der Waals surface area (Å²) in [7, 11) is 2.73. The van der Waals surface area contributed by atoms with Crippen LogP contribution >= 0.6 is 0 Å². The van der Waals surface area contributed by atoms with Crippen molar-refractivity contribution < 1.29 is 14.3 Å². The van der Waals surface area contributed by atoms with Gasteiger partial charge >= 0.3 is 5.97 Å². The van der Waals surface area contributed by atoms with Crippen LogP contribution in [-0.4, -0.2) is 32.0 Å². The van der Waals surface area contributed by atoms with E-state index >= 15 is 0 Å². The lowest BCUT2D eigenvalue weighted by Crippen LogP contribution is -2.41. The molecule has 1 N–H and O–H groups in total. The average molecular weight is 157 g/mol. The van der Waals surface area contributed by atoms with Crippen LogP contribution in [0.1, 0.15) is 0 Å². The number of carbonyl (C=O) groups is 2. The maximum Gasteiger partial charge on any atom is 0.330 e. The van der Waals surface area contributed by atoms with Gasteiger partial charge in [-0.3, -0.25) is 4.79 Å². The molecule has 0 amide bonds. The van der Waals surface area contributed by atoms with Crippen molar-refractivity contribution in [3.8, 4) is 0 Å². The predicted octanol–water partition coefficient (Wildman–Crippen LogP) is -0.498. The summed E-state index contributed by atoms with van der Waals surface area (Å²) in [6.07, 6.45) is 1.08. The Kier molecular flexibility index (Phi) is 4.14. The van der Waals surface area contributed by atoms with Crippen molar-refractivity contribution in [2.75, 3.05) is 14.2 Å². The second kappa shape index (κ2) is 4.62. The summed E-state index contributed by atoms with van der Waals surface area (Å²) < 4.78 is 4.36.